The highest BCUT2D eigenvalue weighted by Gasteiger charge is 2.19. The van der Waals surface area contributed by atoms with Crippen LogP contribution in [0.1, 0.15) is 43.9 Å². The van der Waals surface area contributed by atoms with Crippen LogP contribution >= 0.6 is 11.6 Å². The van der Waals surface area contributed by atoms with E-state index in [9.17, 15) is 9.90 Å². The zero-order valence-corrected chi connectivity index (χ0v) is 18.3. The van der Waals surface area contributed by atoms with Crippen LogP contribution in [0.25, 0.3) is 0 Å². The summed E-state index contributed by atoms with van der Waals surface area (Å²) in [7, 11) is 0. The molecular formula is C23H30ClNO4. The summed E-state index contributed by atoms with van der Waals surface area (Å²) in [6, 6.07) is 11.1. The lowest BCUT2D eigenvalue weighted by molar-refractivity contribution is -0.140. The molecule has 6 heteroatoms. The number of carbonyl (C=O) groups is 1. The van der Waals surface area contributed by atoms with E-state index in [0.717, 1.165) is 11.1 Å². The zero-order chi connectivity index (χ0) is 21.4. The SMILES string of the molecule is CCOc1cc(CNC(CC(C)C)C(=O)O)c(Cl)cc1OCc1ccc(C)cc1. The van der Waals surface area contributed by atoms with Crippen molar-refractivity contribution in [3.8, 4) is 11.5 Å². The number of benzene rings is 2. The highest BCUT2D eigenvalue weighted by atomic mass is 35.5. The summed E-state index contributed by atoms with van der Waals surface area (Å²) in [5, 5.41) is 13.0. The summed E-state index contributed by atoms with van der Waals surface area (Å²) in [6.45, 7) is 9.17. The molecule has 1 atom stereocenters. The number of rotatable bonds is 11. The van der Waals surface area contributed by atoms with Crippen LogP contribution in [-0.2, 0) is 17.9 Å². The Morgan fingerprint density at radius 2 is 1.79 bits per heavy atom. The van der Waals surface area contributed by atoms with Gasteiger partial charge in [0.25, 0.3) is 0 Å². The number of ether oxygens (including phenoxy) is 2. The Morgan fingerprint density at radius 3 is 2.38 bits per heavy atom. The van der Waals surface area contributed by atoms with Gasteiger partial charge in [-0.1, -0.05) is 55.3 Å². The van der Waals surface area contributed by atoms with E-state index in [1.54, 1.807) is 6.07 Å². The Morgan fingerprint density at radius 1 is 1.14 bits per heavy atom. The van der Waals surface area contributed by atoms with Crippen molar-refractivity contribution in [2.45, 2.75) is 53.3 Å². The third kappa shape index (κ3) is 7.26. The maximum atomic E-state index is 11.5. The molecule has 0 radical (unpaired) electrons. The minimum absolute atomic E-state index is 0.274. The van der Waals surface area contributed by atoms with Crippen molar-refractivity contribution >= 4 is 17.6 Å². The first-order chi connectivity index (χ1) is 13.8. The molecule has 0 saturated carbocycles. The molecule has 0 aliphatic rings. The fraction of sp³-hybridized carbons (Fsp3) is 0.435. The molecule has 0 heterocycles. The summed E-state index contributed by atoms with van der Waals surface area (Å²) < 4.78 is 11.7. The van der Waals surface area contributed by atoms with Gasteiger partial charge in [-0.05, 0) is 43.4 Å². The van der Waals surface area contributed by atoms with E-state index in [1.165, 1.54) is 5.56 Å². The molecule has 0 fully saturated rings. The highest BCUT2D eigenvalue weighted by molar-refractivity contribution is 6.31. The monoisotopic (exact) mass is 419 g/mol. The van der Waals surface area contributed by atoms with Gasteiger partial charge in [-0.3, -0.25) is 4.79 Å². The number of carboxylic acid groups (broad SMARTS) is 1. The molecule has 0 aromatic heterocycles. The molecule has 0 saturated heterocycles. The van der Waals surface area contributed by atoms with Crippen LogP contribution in [0.2, 0.25) is 5.02 Å². The molecule has 0 aliphatic heterocycles. The molecule has 5 nitrogen and oxygen atoms in total. The third-order valence-electron chi connectivity index (χ3n) is 4.47. The van der Waals surface area contributed by atoms with Crippen molar-refractivity contribution in [1.82, 2.24) is 5.32 Å². The number of carboxylic acids is 1. The van der Waals surface area contributed by atoms with Crippen LogP contribution in [0.4, 0.5) is 0 Å². The van der Waals surface area contributed by atoms with Gasteiger partial charge in [0.1, 0.15) is 12.6 Å². The van der Waals surface area contributed by atoms with Crippen molar-refractivity contribution in [3.05, 3.63) is 58.1 Å². The maximum Gasteiger partial charge on any atom is 0.320 e. The molecular weight excluding hydrogens is 390 g/mol. The smallest absolute Gasteiger partial charge is 0.320 e. The van der Waals surface area contributed by atoms with Gasteiger partial charge in [0, 0.05) is 17.6 Å². The van der Waals surface area contributed by atoms with E-state index in [4.69, 9.17) is 21.1 Å². The molecule has 158 valence electrons. The van der Waals surface area contributed by atoms with Crippen molar-refractivity contribution in [1.29, 1.82) is 0 Å². The van der Waals surface area contributed by atoms with Crippen molar-refractivity contribution < 1.29 is 19.4 Å². The van der Waals surface area contributed by atoms with E-state index in [2.05, 4.69) is 5.32 Å². The number of nitrogens with one attached hydrogen (secondary N) is 1. The molecule has 2 aromatic carbocycles. The van der Waals surface area contributed by atoms with Crippen molar-refractivity contribution in [2.24, 2.45) is 5.92 Å². The maximum absolute atomic E-state index is 11.5. The number of aliphatic carboxylic acids is 1. The molecule has 0 amide bonds. The first kappa shape index (κ1) is 23.0. The van der Waals surface area contributed by atoms with Gasteiger partial charge in [0.15, 0.2) is 11.5 Å². The number of halogens is 1. The van der Waals surface area contributed by atoms with E-state index in [0.29, 0.717) is 42.7 Å². The zero-order valence-electron chi connectivity index (χ0n) is 17.5. The minimum atomic E-state index is -0.863. The van der Waals surface area contributed by atoms with Gasteiger partial charge in [-0.15, -0.1) is 0 Å². The Kier molecular flexibility index (Phi) is 8.80. The number of aryl methyl sites for hydroxylation is 1. The Labute approximate surface area is 178 Å². The van der Waals surface area contributed by atoms with Gasteiger partial charge in [0.05, 0.1) is 6.61 Å². The predicted molar refractivity (Wildman–Crippen MR) is 116 cm³/mol. The topological polar surface area (TPSA) is 67.8 Å². The second kappa shape index (κ2) is 11.1. The molecule has 29 heavy (non-hydrogen) atoms. The van der Waals surface area contributed by atoms with Gasteiger partial charge < -0.3 is 19.9 Å². The normalized spacial score (nSPS) is 12.1. The minimum Gasteiger partial charge on any atom is -0.490 e. The standard InChI is InChI=1S/C23H30ClNO4/c1-5-28-21-11-18(13-25-20(23(26)27)10-15(2)3)19(24)12-22(21)29-14-17-8-6-16(4)7-9-17/h6-9,11-12,15,20,25H,5,10,13-14H2,1-4H3,(H,26,27). The Balaban J connectivity index is 2.13. The van der Waals surface area contributed by atoms with Crippen LogP contribution in [0.15, 0.2) is 36.4 Å². The molecule has 0 aliphatic carbocycles. The molecule has 2 rings (SSSR count). The van der Waals surface area contributed by atoms with Crippen molar-refractivity contribution in [2.75, 3.05) is 6.61 Å². The van der Waals surface area contributed by atoms with E-state index < -0.39 is 12.0 Å². The van der Waals surface area contributed by atoms with Crippen LogP contribution in [0.5, 0.6) is 11.5 Å². The lowest BCUT2D eigenvalue weighted by atomic mass is 10.0. The largest absolute Gasteiger partial charge is 0.490 e. The number of hydrogen-bond acceptors (Lipinski definition) is 4. The molecule has 2 N–H and O–H groups in total. The van der Waals surface area contributed by atoms with E-state index >= 15 is 0 Å². The van der Waals surface area contributed by atoms with Crippen LogP contribution < -0.4 is 14.8 Å². The summed E-state index contributed by atoms with van der Waals surface area (Å²) in [5.41, 5.74) is 3.02. The fourth-order valence-electron chi connectivity index (χ4n) is 2.92. The Hall–Kier alpha value is -2.24. The second-order valence-corrected chi connectivity index (χ2v) is 7.91. The highest BCUT2D eigenvalue weighted by Crippen LogP contribution is 2.34. The second-order valence-electron chi connectivity index (χ2n) is 7.50. The van der Waals surface area contributed by atoms with Gasteiger partial charge in [0.2, 0.25) is 0 Å². The number of hydrogen-bond donors (Lipinski definition) is 2. The first-order valence-corrected chi connectivity index (χ1v) is 10.3. The van der Waals surface area contributed by atoms with Gasteiger partial charge >= 0.3 is 5.97 Å². The third-order valence-corrected chi connectivity index (χ3v) is 4.82. The van der Waals surface area contributed by atoms with Crippen LogP contribution in [-0.4, -0.2) is 23.7 Å². The summed E-state index contributed by atoms with van der Waals surface area (Å²) >= 11 is 6.45. The quantitative estimate of drug-likeness (QED) is 0.523. The molecule has 0 spiro atoms. The lowest BCUT2D eigenvalue weighted by Crippen LogP contribution is -2.37. The van der Waals surface area contributed by atoms with Crippen LogP contribution in [0.3, 0.4) is 0 Å². The first-order valence-electron chi connectivity index (χ1n) is 9.89. The molecule has 0 bridgehead atoms. The molecule has 2 aromatic rings. The van der Waals surface area contributed by atoms with Crippen LogP contribution in [0, 0.1) is 12.8 Å². The van der Waals surface area contributed by atoms with Crippen molar-refractivity contribution in [3.63, 3.8) is 0 Å². The van der Waals surface area contributed by atoms with Gasteiger partial charge in [-0.2, -0.15) is 0 Å². The average Bonchev–Trinajstić information content (AvgIpc) is 2.66. The van der Waals surface area contributed by atoms with E-state index in [1.807, 2.05) is 58.0 Å². The summed E-state index contributed by atoms with van der Waals surface area (Å²) in [6.07, 6.45) is 0.545. The lowest BCUT2D eigenvalue weighted by Gasteiger charge is -2.18. The van der Waals surface area contributed by atoms with E-state index in [-0.39, 0.29) is 5.92 Å². The fourth-order valence-corrected chi connectivity index (χ4v) is 3.14. The summed E-state index contributed by atoms with van der Waals surface area (Å²) in [4.78, 5) is 11.5. The Bertz CT molecular complexity index is 805. The predicted octanol–water partition coefficient (Wildman–Crippen LogP) is 5.22. The average molecular weight is 420 g/mol. The summed E-state index contributed by atoms with van der Waals surface area (Å²) in [5.74, 6) is 0.572. The molecule has 1 unspecified atom stereocenters. The van der Waals surface area contributed by atoms with Gasteiger partial charge in [-0.25, -0.2) is 0 Å².